The van der Waals surface area contributed by atoms with Crippen LogP contribution in [-0.4, -0.2) is 83.9 Å². The van der Waals surface area contributed by atoms with Gasteiger partial charge in [0.05, 0.1) is 6.04 Å². The number of alkyl carbamates (subject to hydrolysis) is 1. The van der Waals surface area contributed by atoms with Gasteiger partial charge in [0.1, 0.15) is 34.7 Å². The van der Waals surface area contributed by atoms with Crippen LogP contribution in [0.4, 0.5) is 4.79 Å². The lowest BCUT2D eigenvalue weighted by Gasteiger charge is -2.30. The first-order chi connectivity index (χ1) is 23.9. The molecule has 6 rings (SSSR count). The van der Waals surface area contributed by atoms with Crippen LogP contribution in [-0.2, 0) is 19.1 Å². The Morgan fingerprint density at radius 2 is 1.70 bits per heavy atom. The number of hydrogen-bond donors (Lipinski definition) is 3. The molecule has 1 aliphatic carbocycles. The minimum Gasteiger partial charge on any atom is -0.479 e. The third-order valence-electron chi connectivity index (χ3n) is 9.56. The molecule has 50 heavy (non-hydrogen) atoms. The first kappa shape index (κ1) is 34.8. The predicted octanol–water partition coefficient (Wildman–Crippen LogP) is 4.87. The van der Waals surface area contributed by atoms with Gasteiger partial charge in [-0.25, -0.2) is 9.59 Å². The molecule has 3 heterocycles. The normalized spacial score (nSPS) is 26.0. The van der Waals surface area contributed by atoms with Crippen molar-refractivity contribution in [2.45, 2.75) is 108 Å². The van der Waals surface area contributed by atoms with Gasteiger partial charge in [0, 0.05) is 18.5 Å². The average Bonchev–Trinajstić information content (AvgIpc) is 3.37. The van der Waals surface area contributed by atoms with Crippen molar-refractivity contribution in [2.75, 3.05) is 6.54 Å². The number of para-hydroxylation sites is 1. The summed E-state index contributed by atoms with van der Waals surface area (Å²) in [6.45, 7) is 5.28. The lowest BCUT2D eigenvalue weighted by atomic mass is 10.0. The van der Waals surface area contributed by atoms with Gasteiger partial charge >= 0.3 is 12.1 Å². The molecule has 3 fully saturated rings. The van der Waals surface area contributed by atoms with Gasteiger partial charge in [-0.3, -0.25) is 9.59 Å². The van der Waals surface area contributed by atoms with Crippen molar-refractivity contribution in [1.29, 1.82) is 0 Å². The van der Waals surface area contributed by atoms with Crippen LogP contribution in [0.25, 0.3) is 11.4 Å². The molecule has 3 aromatic rings. The standard InChI is InChI=1S/C36H45N7O7/c1-35(2,3)50-34(48)37-28-18-11-6-4-5-8-14-24-21-36(24,33(46)47)38-31(44)29-20-25(22-42(29)32(28)45)43-40-30(39-41-43)23-13-12-17-27(19-23)49-26-15-9-7-10-16-26/h7,9-10,12-13,15-17,19,24-25,28-29H,4-6,8,11,14,18,20-22H2,1-3H3,(H,37,48)(H,38,44)(H,46,47)/t24-,25?,28-,29+,36+/m1/s1. The summed E-state index contributed by atoms with van der Waals surface area (Å²) in [6, 6.07) is 14.1. The number of carbonyl (C=O) groups excluding carboxylic acids is 3. The second-order valence-corrected chi connectivity index (χ2v) is 14.5. The molecule has 2 aromatic carbocycles. The number of aliphatic carboxylic acids is 1. The summed E-state index contributed by atoms with van der Waals surface area (Å²) in [5, 5.41) is 28.9. The Balaban J connectivity index is 1.26. The van der Waals surface area contributed by atoms with E-state index < -0.39 is 53.1 Å². The molecule has 1 saturated carbocycles. The SMILES string of the molecule is CC(C)(C)OC(=O)N[C@@H]1CCCCCCC[C@@H]2C[C@]2(C(=O)O)NC(=O)[C@@H]2CC(n3nnc(-c4cccc(Oc5ccccc5)c4)n3)CN2C1=O. The fourth-order valence-electron chi connectivity index (χ4n) is 6.92. The van der Waals surface area contributed by atoms with Crippen molar-refractivity contribution in [2.24, 2.45) is 5.92 Å². The number of ether oxygens (including phenoxy) is 2. The molecule has 5 atom stereocenters. The summed E-state index contributed by atoms with van der Waals surface area (Å²) >= 11 is 0. The Hall–Kier alpha value is -5.01. The zero-order valence-electron chi connectivity index (χ0n) is 28.7. The Bertz CT molecular complexity index is 1710. The molecule has 0 spiro atoms. The molecule has 3 amide bonds. The Morgan fingerprint density at radius 3 is 2.44 bits per heavy atom. The first-order valence-corrected chi connectivity index (χ1v) is 17.4. The Labute approximate surface area is 290 Å². The molecule has 14 nitrogen and oxygen atoms in total. The van der Waals surface area contributed by atoms with Crippen LogP contribution in [0.3, 0.4) is 0 Å². The van der Waals surface area contributed by atoms with E-state index in [9.17, 15) is 24.3 Å². The van der Waals surface area contributed by atoms with E-state index in [0.29, 0.717) is 48.6 Å². The molecule has 266 valence electrons. The van der Waals surface area contributed by atoms with Gasteiger partial charge in [0.2, 0.25) is 17.6 Å². The molecule has 0 bridgehead atoms. The van der Waals surface area contributed by atoms with Crippen molar-refractivity contribution in [3.05, 3.63) is 54.6 Å². The lowest BCUT2D eigenvalue weighted by molar-refractivity contribution is -0.146. The lowest BCUT2D eigenvalue weighted by Crippen LogP contribution is -2.56. The zero-order chi connectivity index (χ0) is 35.5. The maximum atomic E-state index is 14.3. The zero-order valence-corrected chi connectivity index (χ0v) is 28.7. The van der Waals surface area contributed by atoms with Crippen molar-refractivity contribution in [3.8, 4) is 22.9 Å². The largest absolute Gasteiger partial charge is 0.479 e. The van der Waals surface area contributed by atoms with Gasteiger partial charge in [0.25, 0.3) is 0 Å². The number of aromatic nitrogens is 4. The number of carbonyl (C=O) groups is 4. The molecule has 3 aliphatic rings. The number of benzene rings is 2. The third kappa shape index (κ3) is 8.06. The van der Waals surface area contributed by atoms with Crippen LogP contribution in [0, 0.1) is 5.92 Å². The summed E-state index contributed by atoms with van der Waals surface area (Å²) in [5.41, 5.74) is -1.47. The summed E-state index contributed by atoms with van der Waals surface area (Å²) in [5.74, 6) is -0.636. The number of fused-ring (bicyclic) bond motifs is 2. The maximum Gasteiger partial charge on any atom is 0.408 e. The van der Waals surface area contributed by atoms with Crippen molar-refractivity contribution in [3.63, 3.8) is 0 Å². The fourth-order valence-corrected chi connectivity index (χ4v) is 6.92. The molecule has 2 saturated heterocycles. The number of hydrogen-bond acceptors (Lipinski definition) is 9. The Kier molecular flexibility index (Phi) is 10.1. The number of carboxylic acid groups (broad SMARTS) is 1. The van der Waals surface area contributed by atoms with Crippen LogP contribution >= 0.6 is 0 Å². The fraction of sp³-hybridized carbons (Fsp3) is 0.528. The number of tetrazole rings is 1. The van der Waals surface area contributed by atoms with Crippen LogP contribution in [0.2, 0.25) is 0 Å². The molecular formula is C36H45N7O7. The van der Waals surface area contributed by atoms with Gasteiger partial charge in [-0.15, -0.1) is 10.2 Å². The van der Waals surface area contributed by atoms with E-state index >= 15 is 0 Å². The van der Waals surface area contributed by atoms with Gasteiger partial charge < -0.3 is 30.1 Å². The van der Waals surface area contributed by atoms with E-state index in [1.165, 1.54) is 9.70 Å². The van der Waals surface area contributed by atoms with Crippen LogP contribution in [0.1, 0.15) is 84.6 Å². The second-order valence-electron chi connectivity index (χ2n) is 14.5. The van der Waals surface area contributed by atoms with E-state index in [1.807, 2.05) is 48.5 Å². The highest BCUT2D eigenvalue weighted by Crippen LogP contribution is 2.47. The van der Waals surface area contributed by atoms with Crippen LogP contribution in [0.15, 0.2) is 54.6 Å². The minimum absolute atomic E-state index is 0.0554. The third-order valence-corrected chi connectivity index (χ3v) is 9.56. The number of rotatable bonds is 6. The second kappa shape index (κ2) is 14.5. The molecule has 2 aliphatic heterocycles. The number of amides is 3. The predicted molar refractivity (Wildman–Crippen MR) is 181 cm³/mol. The highest BCUT2D eigenvalue weighted by molar-refractivity contribution is 5.95. The molecule has 1 aromatic heterocycles. The highest BCUT2D eigenvalue weighted by atomic mass is 16.6. The molecule has 0 radical (unpaired) electrons. The smallest absolute Gasteiger partial charge is 0.408 e. The van der Waals surface area contributed by atoms with E-state index in [0.717, 1.165) is 25.7 Å². The number of carboxylic acids is 1. The van der Waals surface area contributed by atoms with E-state index in [1.54, 1.807) is 26.8 Å². The quantitative estimate of drug-likeness (QED) is 0.324. The van der Waals surface area contributed by atoms with Crippen molar-refractivity contribution >= 4 is 23.9 Å². The van der Waals surface area contributed by atoms with Crippen LogP contribution in [0.5, 0.6) is 11.5 Å². The monoisotopic (exact) mass is 687 g/mol. The van der Waals surface area contributed by atoms with Gasteiger partial charge in [0.15, 0.2) is 0 Å². The van der Waals surface area contributed by atoms with Crippen molar-refractivity contribution in [1.82, 2.24) is 35.7 Å². The molecular weight excluding hydrogens is 642 g/mol. The number of nitrogens with one attached hydrogen (secondary N) is 2. The average molecular weight is 688 g/mol. The summed E-state index contributed by atoms with van der Waals surface area (Å²) in [7, 11) is 0. The summed E-state index contributed by atoms with van der Waals surface area (Å²) in [4.78, 5) is 56.4. The maximum absolute atomic E-state index is 14.3. The Morgan fingerprint density at radius 1 is 0.980 bits per heavy atom. The topological polar surface area (TPSA) is 178 Å². The molecule has 3 N–H and O–H groups in total. The number of nitrogens with zero attached hydrogens (tertiary/aromatic N) is 5. The minimum atomic E-state index is -1.36. The van der Waals surface area contributed by atoms with Gasteiger partial charge in [-0.2, -0.15) is 4.80 Å². The van der Waals surface area contributed by atoms with Crippen LogP contribution < -0.4 is 15.4 Å². The molecule has 1 unspecified atom stereocenters. The van der Waals surface area contributed by atoms with Gasteiger partial charge in [-0.1, -0.05) is 62.4 Å². The van der Waals surface area contributed by atoms with E-state index in [-0.39, 0.29) is 18.9 Å². The summed E-state index contributed by atoms with van der Waals surface area (Å²) < 4.78 is 11.4. The van der Waals surface area contributed by atoms with Crippen molar-refractivity contribution < 1.29 is 33.8 Å². The van der Waals surface area contributed by atoms with E-state index in [4.69, 9.17) is 9.47 Å². The molecule has 14 heteroatoms. The van der Waals surface area contributed by atoms with E-state index in [2.05, 4.69) is 26.0 Å². The summed E-state index contributed by atoms with van der Waals surface area (Å²) in [6.07, 6.45) is 5.05. The first-order valence-electron chi connectivity index (χ1n) is 17.4. The highest BCUT2D eigenvalue weighted by Gasteiger charge is 2.62. The van der Waals surface area contributed by atoms with Gasteiger partial charge in [-0.05, 0) is 75.4 Å².